The molecule has 302 valence electrons. The molecule has 1 aromatic heterocycles. The fourth-order valence-electron chi connectivity index (χ4n) is 9.08. The van der Waals surface area contributed by atoms with Gasteiger partial charge in [-0.15, -0.1) is 10.2 Å². The number of anilines is 1. The first-order valence-corrected chi connectivity index (χ1v) is 20.1. The maximum atomic E-state index is 15.7. The summed E-state index contributed by atoms with van der Waals surface area (Å²) in [5, 5.41) is 17.5. The Hall–Kier alpha value is -5.50. The zero-order chi connectivity index (χ0) is 40.7. The first-order chi connectivity index (χ1) is 28.0. The van der Waals surface area contributed by atoms with Crippen molar-refractivity contribution in [2.75, 3.05) is 44.2 Å². The van der Waals surface area contributed by atoms with E-state index in [1.54, 1.807) is 36.4 Å². The van der Waals surface area contributed by atoms with Gasteiger partial charge >= 0.3 is 0 Å². The summed E-state index contributed by atoms with van der Waals surface area (Å²) >= 11 is 6.16. The highest BCUT2D eigenvalue weighted by atomic mass is 35.5. The number of primary amides is 1. The molecule has 0 spiro atoms. The summed E-state index contributed by atoms with van der Waals surface area (Å²) in [6, 6.07) is 11.9. The Labute approximate surface area is 339 Å². The Morgan fingerprint density at radius 1 is 0.862 bits per heavy atom. The first kappa shape index (κ1) is 39.3. The molecule has 17 heteroatoms. The number of nitrogens with two attached hydrogens (primary N) is 1. The number of imide groups is 2. The van der Waals surface area contributed by atoms with Gasteiger partial charge in [-0.05, 0) is 86.9 Å². The molecule has 15 nitrogen and oxygen atoms in total. The number of aromatic nitrogens is 2. The molecule has 3 aromatic rings. The van der Waals surface area contributed by atoms with Gasteiger partial charge in [0.25, 0.3) is 23.6 Å². The molecule has 1 unspecified atom stereocenters. The number of likely N-dealkylation sites (tertiary alicyclic amines) is 1. The second-order valence-corrected chi connectivity index (χ2v) is 16.0. The van der Waals surface area contributed by atoms with Crippen molar-refractivity contribution in [3.8, 4) is 11.8 Å². The number of nitriles is 1. The minimum atomic E-state index is -1.21. The third-order valence-electron chi connectivity index (χ3n) is 12.2. The number of ether oxygens (including phenoxy) is 1. The van der Waals surface area contributed by atoms with Crippen LogP contribution in [0.15, 0.2) is 42.5 Å². The van der Waals surface area contributed by atoms with Gasteiger partial charge in [0, 0.05) is 70.4 Å². The van der Waals surface area contributed by atoms with Crippen LogP contribution < -0.4 is 15.4 Å². The Morgan fingerprint density at radius 3 is 2.26 bits per heavy atom. The lowest BCUT2D eigenvalue weighted by Crippen LogP contribution is -2.59. The fourth-order valence-corrected chi connectivity index (χ4v) is 9.29. The van der Waals surface area contributed by atoms with Gasteiger partial charge in [0.15, 0.2) is 11.5 Å². The van der Waals surface area contributed by atoms with Crippen LogP contribution in [0.4, 0.5) is 10.2 Å². The van der Waals surface area contributed by atoms with E-state index in [9.17, 15) is 24.0 Å². The number of rotatable bonds is 9. The van der Waals surface area contributed by atoms with Crippen LogP contribution in [0.1, 0.15) is 93.7 Å². The van der Waals surface area contributed by atoms with Crippen molar-refractivity contribution in [2.24, 2.45) is 5.73 Å². The standard InChI is InChI=1S/C41H43ClFN9O6/c42-31-21-29(4-1-25(31)22-44)58-28-5-2-27(3-6-28)51-36(53)10-8-34(40(51)56)52-39(55)30-19-24(20-32(43)37(30)41(52)57)23-48-15-17-49(18-16-48)26-11-13-50(14-12-26)35-9-7-33(38(45)54)46-47-35/h1,4,7,9,19-21,26-28,34H,2-3,5-6,8,10-18,23H2,(H2,45,54). The molecule has 0 radical (unpaired) electrons. The monoisotopic (exact) mass is 811 g/mol. The summed E-state index contributed by atoms with van der Waals surface area (Å²) in [5.41, 5.74) is 5.93. The molecule has 5 heterocycles. The summed E-state index contributed by atoms with van der Waals surface area (Å²) in [4.78, 5) is 74.9. The highest BCUT2D eigenvalue weighted by Gasteiger charge is 2.50. The normalized spacial score (nSPS) is 23.6. The van der Waals surface area contributed by atoms with Crippen LogP contribution in [-0.4, -0.2) is 123 Å². The molecule has 5 amide bonds. The molecule has 2 N–H and O–H groups in total. The van der Waals surface area contributed by atoms with Gasteiger partial charge in [-0.2, -0.15) is 5.26 Å². The van der Waals surface area contributed by atoms with Crippen molar-refractivity contribution in [3.05, 3.63) is 81.3 Å². The third-order valence-corrected chi connectivity index (χ3v) is 12.5. The number of piperidine rings is 2. The molecule has 0 bridgehead atoms. The number of amides is 5. The second-order valence-electron chi connectivity index (χ2n) is 15.6. The lowest BCUT2D eigenvalue weighted by Gasteiger charge is -2.43. The summed E-state index contributed by atoms with van der Waals surface area (Å²) in [6.07, 6.45) is 3.70. The molecule has 2 aromatic carbocycles. The van der Waals surface area contributed by atoms with Crippen LogP contribution in [0.2, 0.25) is 5.02 Å². The van der Waals surface area contributed by atoms with Gasteiger partial charge < -0.3 is 15.4 Å². The van der Waals surface area contributed by atoms with Gasteiger partial charge in [-0.25, -0.2) is 4.39 Å². The number of fused-ring (bicyclic) bond motifs is 1. The predicted octanol–water partition coefficient (Wildman–Crippen LogP) is 3.53. The lowest BCUT2D eigenvalue weighted by atomic mass is 9.89. The van der Waals surface area contributed by atoms with Gasteiger partial charge in [-0.3, -0.25) is 43.6 Å². The van der Waals surface area contributed by atoms with E-state index in [1.165, 1.54) is 11.0 Å². The molecule has 4 fully saturated rings. The van der Waals surface area contributed by atoms with Crippen LogP contribution in [0.5, 0.6) is 5.75 Å². The Balaban J connectivity index is 0.851. The maximum absolute atomic E-state index is 15.7. The summed E-state index contributed by atoms with van der Waals surface area (Å²) in [6.45, 7) is 5.17. The van der Waals surface area contributed by atoms with Crippen LogP contribution in [-0.2, 0) is 16.1 Å². The number of benzene rings is 2. The van der Waals surface area contributed by atoms with Crippen LogP contribution in [0.3, 0.4) is 0 Å². The van der Waals surface area contributed by atoms with Crippen molar-refractivity contribution in [1.82, 2.24) is 29.8 Å². The third kappa shape index (κ3) is 7.73. The first-order valence-electron chi connectivity index (χ1n) is 19.8. The van der Waals surface area contributed by atoms with Gasteiger partial charge in [0.2, 0.25) is 5.91 Å². The Morgan fingerprint density at radius 2 is 1.60 bits per heavy atom. The van der Waals surface area contributed by atoms with E-state index in [-0.39, 0.29) is 46.7 Å². The van der Waals surface area contributed by atoms with Crippen molar-refractivity contribution in [1.29, 1.82) is 5.26 Å². The number of carbonyl (C=O) groups is 5. The van der Waals surface area contributed by atoms with Gasteiger partial charge in [0.05, 0.1) is 27.8 Å². The van der Waals surface area contributed by atoms with Crippen molar-refractivity contribution in [3.63, 3.8) is 0 Å². The SMILES string of the molecule is N#Cc1ccc(OC2CCC(N3C(=O)CCC(N4C(=O)c5cc(CN6CCN(C7CCN(c8ccc(C(N)=O)nn8)CC7)CC6)cc(F)c5C4=O)C3=O)CC2)cc1Cl. The average molecular weight is 812 g/mol. The van der Waals surface area contributed by atoms with E-state index in [1.807, 2.05) is 6.07 Å². The zero-order valence-corrected chi connectivity index (χ0v) is 32.6. The number of nitrogens with zero attached hydrogens (tertiary/aromatic N) is 8. The van der Waals surface area contributed by atoms with E-state index >= 15 is 4.39 Å². The average Bonchev–Trinajstić information content (AvgIpc) is 3.47. The van der Waals surface area contributed by atoms with Crippen molar-refractivity contribution >= 4 is 47.0 Å². The molecule has 5 aliphatic rings. The summed E-state index contributed by atoms with van der Waals surface area (Å²) in [7, 11) is 0. The number of hydrogen-bond acceptors (Lipinski definition) is 12. The molecular formula is C41H43ClFN9O6. The fraction of sp³-hybridized carbons (Fsp3) is 0.463. The second kappa shape index (κ2) is 16.4. The summed E-state index contributed by atoms with van der Waals surface area (Å²) in [5.74, 6) is -2.73. The predicted molar refractivity (Wildman–Crippen MR) is 207 cm³/mol. The highest BCUT2D eigenvalue weighted by molar-refractivity contribution is 6.31. The molecule has 1 saturated carbocycles. The van der Waals surface area contributed by atoms with Crippen LogP contribution in [0.25, 0.3) is 0 Å². The number of carbonyl (C=O) groups excluding carboxylic acids is 5. The zero-order valence-electron chi connectivity index (χ0n) is 31.8. The highest BCUT2D eigenvalue weighted by Crippen LogP contribution is 2.35. The summed E-state index contributed by atoms with van der Waals surface area (Å²) < 4.78 is 21.8. The van der Waals surface area contributed by atoms with Gasteiger partial charge in [0.1, 0.15) is 23.7 Å². The number of piperazine rings is 1. The van der Waals surface area contributed by atoms with Crippen molar-refractivity contribution < 1.29 is 33.1 Å². The molecule has 1 aliphatic carbocycles. The van der Waals surface area contributed by atoms with E-state index in [0.717, 1.165) is 62.8 Å². The molecule has 58 heavy (non-hydrogen) atoms. The minimum Gasteiger partial charge on any atom is -0.490 e. The topological polar surface area (TPSA) is 186 Å². The number of halogens is 2. The molecule has 3 saturated heterocycles. The van der Waals surface area contributed by atoms with E-state index in [2.05, 4.69) is 24.9 Å². The molecular weight excluding hydrogens is 769 g/mol. The quantitative estimate of drug-likeness (QED) is 0.311. The molecule has 8 rings (SSSR count). The minimum absolute atomic E-state index is 0.0204. The largest absolute Gasteiger partial charge is 0.490 e. The van der Waals surface area contributed by atoms with Gasteiger partial charge in [-0.1, -0.05) is 11.6 Å². The smallest absolute Gasteiger partial charge is 0.269 e. The maximum Gasteiger partial charge on any atom is 0.269 e. The molecule has 1 atom stereocenters. The lowest BCUT2D eigenvalue weighted by molar-refractivity contribution is -0.155. The van der Waals surface area contributed by atoms with Crippen LogP contribution in [0, 0.1) is 17.1 Å². The number of hydrogen-bond donors (Lipinski definition) is 1. The van der Waals surface area contributed by atoms with E-state index < -0.39 is 41.5 Å². The van der Waals surface area contributed by atoms with E-state index in [0.29, 0.717) is 55.1 Å². The van der Waals surface area contributed by atoms with Crippen LogP contribution >= 0.6 is 11.6 Å². The Kier molecular flexibility index (Phi) is 11.1. The molecule has 4 aliphatic heterocycles. The van der Waals surface area contributed by atoms with Crippen molar-refractivity contribution in [2.45, 2.75) is 82.1 Å². The Bertz CT molecular complexity index is 2180. The van der Waals surface area contributed by atoms with E-state index in [4.69, 9.17) is 27.3 Å².